The minimum Gasteiger partial charge on any atom is -0.354 e. The summed E-state index contributed by atoms with van der Waals surface area (Å²) in [7, 11) is 0. The third kappa shape index (κ3) is 3.23. The van der Waals surface area contributed by atoms with E-state index in [-0.39, 0.29) is 17.7 Å². The molecule has 1 saturated heterocycles. The summed E-state index contributed by atoms with van der Waals surface area (Å²) in [6.07, 6.45) is 8.41. The van der Waals surface area contributed by atoms with Crippen LogP contribution in [0.5, 0.6) is 0 Å². The Morgan fingerprint density at radius 2 is 2.17 bits per heavy atom. The van der Waals surface area contributed by atoms with Crippen molar-refractivity contribution in [2.45, 2.75) is 37.6 Å². The summed E-state index contributed by atoms with van der Waals surface area (Å²) in [5.41, 5.74) is 1.04. The SMILES string of the molecule is O=C(NCC1CCCN1)C1CC=CCC1c1nc2ccccc2s1. The molecule has 0 spiro atoms. The van der Waals surface area contributed by atoms with E-state index in [0.29, 0.717) is 6.04 Å². The number of carbonyl (C=O) groups is 1. The van der Waals surface area contributed by atoms with Crippen LogP contribution in [0.2, 0.25) is 0 Å². The Morgan fingerprint density at radius 1 is 1.29 bits per heavy atom. The van der Waals surface area contributed by atoms with Crippen LogP contribution in [0.4, 0.5) is 0 Å². The van der Waals surface area contributed by atoms with Gasteiger partial charge in [0.15, 0.2) is 0 Å². The second kappa shape index (κ2) is 7.03. The normalized spacial score (nSPS) is 26.8. The third-order valence-corrected chi connectivity index (χ3v) is 6.25. The summed E-state index contributed by atoms with van der Waals surface area (Å²) in [6.45, 7) is 1.81. The topological polar surface area (TPSA) is 54.0 Å². The maximum atomic E-state index is 12.8. The van der Waals surface area contributed by atoms with E-state index in [0.717, 1.165) is 42.9 Å². The van der Waals surface area contributed by atoms with Crippen LogP contribution >= 0.6 is 11.3 Å². The van der Waals surface area contributed by atoms with Crippen molar-refractivity contribution >= 4 is 27.5 Å². The van der Waals surface area contributed by atoms with Gasteiger partial charge in [0, 0.05) is 18.5 Å². The molecule has 2 aliphatic rings. The molecule has 2 aromatic rings. The number of thiazole rings is 1. The Hall–Kier alpha value is -1.72. The fraction of sp³-hybridized carbons (Fsp3) is 0.474. The lowest BCUT2D eigenvalue weighted by molar-refractivity contribution is -0.125. The molecule has 0 radical (unpaired) electrons. The van der Waals surface area contributed by atoms with Crippen molar-refractivity contribution in [3.05, 3.63) is 41.4 Å². The van der Waals surface area contributed by atoms with Gasteiger partial charge in [-0.15, -0.1) is 11.3 Å². The van der Waals surface area contributed by atoms with E-state index >= 15 is 0 Å². The molecule has 1 fully saturated rings. The van der Waals surface area contributed by atoms with Crippen LogP contribution in [0.1, 0.15) is 36.6 Å². The van der Waals surface area contributed by atoms with Crippen LogP contribution in [-0.4, -0.2) is 30.0 Å². The van der Waals surface area contributed by atoms with Gasteiger partial charge in [-0.05, 0) is 44.4 Å². The number of carbonyl (C=O) groups excluding carboxylic acids is 1. The summed E-state index contributed by atoms with van der Waals surface area (Å²) in [5, 5.41) is 7.70. The van der Waals surface area contributed by atoms with Crippen LogP contribution < -0.4 is 10.6 Å². The molecule has 0 saturated carbocycles. The Balaban J connectivity index is 1.49. The Morgan fingerprint density at radius 3 is 3.00 bits per heavy atom. The van der Waals surface area contributed by atoms with Gasteiger partial charge in [0.2, 0.25) is 5.91 Å². The van der Waals surface area contributed by atoms with Gasteiger partial charge in [-0.1, -0.05) is 24.3 Å². The minimum absolute atomic E-state index is 0.00281. The average molecular weight is 341 g/mol. The van der Waals surface area contributed by atoms with Gasteiger partial charge in [0.25, 0.3) is 0 Å². The van der Waals surface area contributed by atoms with E-state index in [2.05, 4.69) is 34.9 Å². The highest BCUT2D eigenvalue weighted by Gasteiger charge is 2.32. The van der Waals surface area contributed by atoms with Crippen LogP contribution in [-0.2, 0) is 4.79 Å². The highest BCUT2D eigenvalue weighted by molar-refractivity contribution is 7.18. The molecule has 4 rings (SSSR count). The van der Waals surface area contributed by atoms with Gasteiger partial charge in [-0.2, -0.15) is 0 Å². The number of hydrogen-bond acceptors (Lipinski definition) is 4. The standard InChI is InChI=1S/C19H23N3OS/c23-18(21-12-13-6-5-11-20-13)14-7-1-2-8-15(14)19-22-16-9-3-4-10-17(16)24-19/h1-4,9-10,13-15,20H,5-8,11-12H2,(H,21,23). The molecule has 1 amide bonds. The number of nitrogens with zero attached hydrogens (tertiary/aromatic N) is 1. The first-order valence-electron chi connectivity index (χ1n) is 8.83. The molecule has 0 bridgehead atoms. The molecular formula is C19H23N3OS. The van der Waals surface area contributed by atoms with E-state index in [1.165, 1.54) is 11.1 Å². The van der Waals surface area contributed by atoms with Crippen molar-refractivity contribution in [3.8, 4) is 0 Å². The molecule has 126 valence electrons. The van der Waals surface area contributed by atoms with Crippen molar-refractivity contribution in [3.63, 3.8) is 0 Å². The van der Waals surface area contributed by atoms with Crippen LogP contribution in [0.15, 0.2) is 36.4 Å². The average Bonchev–Trinajstić information content (AvgIpc) is 3.29. The van der Waals surface area contributed by atoms with Gasteiger partial charge in [0.1, 0.15) is 0 Å². The number of benzene rings is 1. The van der Waals surface area contributed by atoms with Crippen LogP contribution in [0.25, 0.3) is 10.2 Å². The zero-order chi connectivity index (χ0) is 16.4. The predicted molar refractivity (Wildman–Crippen MR) is 98.3 cm³/mol. The number of rotatable bonds is 4. The molecule has 2 heterocycles. The number of amides is 1. The zero-order valence-corrected chi connectivity index (χ0v) is 14.5. The second-order valence-electron chi connectivity index (χ2n) is 6.71. The molecular weight excluding hydrogens is 318 g/mol. The van der Waals surface area contributed by atoms with E-state index in [9.17, 15) is 4.79 Å². The van der Waals surface area contributed by atoms with Gasteiger partial charge in [-0.25, -0.2) is 4.98 Å². The molecule has 2 N–H and O–H groups in total. The Bertz CT molecular complexity index is 715. The maximum absolute atomic E-state index is 12.8. The molecule has 3 atom stereocenters. The molecule has 1 aliphatic carbocycles. The number of allylic oxidation sites excluding steroid dienone is 2. The highest BCUT2D eigenvalue weighted by atomic mass is 32.1. The molecule has 1 aromatic heterocycles. The zero-order valence-electron chi connectivity index (χ0n) is 13.7. The number of aromatic nitrogens is 1. The number of fused-ring (bicyclic) bond motifs is 1. The lowest BCUT2D eigenvalue weighted by Gasteiger charge is -2.26. The summed E-state index contributed by atoms with van der Waals surface area (Å²) in [6, 6.07) is 8.66. The molecule has 5 heteroatoms. The second-order valence-corrected chi connectivity index (χ2v) is 7.78. The summed E-state index contributed by atoms with van der Waals surface area (Å²) in [4.78, 5) is 17.6. The minimum atomic E-state index is -0.00281. The fourth-order valence-electron chi connectivity index (χ4n) is 3.71. The molecule has 1 aromatic carbocycles. The van der Waals surface area contributed by atoms with Crippen molar-refractivity contribution in [2.75, 3.05) is 13.1 Å². The van der Waals surface area contributed by atoms with Gasteiger partial charge in [-0.3, -0.25) is 4.79 Å². The van der Waals surface area contributed by atoms with Crippen molar-refractivity contribution in [1.82, 2.24) is 15.6 Å². The lowest BCUT2D eigenvalue weighted by Crippen LogP contribution is -2.41. The smallest absolute Gasteiger partial charge is 0.224 e. The number of para-hydroxylation sites is 1. The predicted octanol–water partition coefficient (Wildman–Crippen LogP) is 3.21. The first kappa shape index (κ1) is 15.8. The number of hydrogen-bond donors (Lipinski definition) is 2. The fourth-order valence-corrected chi connectivity index (χ4v) is 4.86. The van der Waals surface area contributed by atoms with Gasteiger partial charge < -0.3 is 10.6 Å². The first-order valence-corrected chi connectivity index (χ1v) is 9.64. The molecule has 1 aliphatic heterocycles. The molecule has 4 nitrogen and oxygen atoms in total. The Labute approximate surface area is 146 Å². The largest absolute Gasteiger partial charge is 0.354 e. The van der Waals surface area contributed by atoms with E-state index in [1.807, 2.05) is 12.1 Å². The Kier molecular flexibility index (Phi) is 4.63. The summed E-state index contributed by atoms with van der Waals surface area (Å²) in [5.74, 6) is 0.373. The maximum Gasteiger partial charge on any atom is 0.224 e. The van der Waals surface area contributed by atoms with Gasteiger partial charge in [0.05, 0.1) is 21.1 Å². The van der Waals surface area contributed by atoms with E-state index in [4.69, 9.17) is 4.98 Å². The van der Waals surface area contributed by atoms with Gasteiger partial charge >= 0.3 is 0 Å². The van der Waals surface area contributed by atoms with Crippen molar-refractivity contribution in [1.29, 1.82) is 0 Å². The summed E-state index contributed by atoms with van der Waals surface area (Å²) >= 11 is 1.73. The van der Waals surface area contributed by atoms with E-state index < -0.39 is 0 Å². The van der Waals surface area contributed by atoms with E-state index in [1.54, 1.807) is 11.3 Å². The van der Waals surface area contributed by atoms with Crippen LogP contribution in [0.3, 0.4) is 0 Å². The molecule has 3 unspecified atom stereocenters. The third-order valence-electron chi connectivity index (χ3n) is 5.08. The van der Waals surface area contributed by atoms with Crippen molar-refractivity contribution in [2.24, 2.45) is 5.92 Å². The first-order chi connectivity index (χ1) is 11.8. The highest BCUT2D eigenvalue weighted by Crippen LogP contribution is 2.38. The monoisotopic (exact) mass is 341 g/mol. The number of nitrogens with one attached hydrogen (secondary N) is 2. The summed E-state index contributed by atoms with van der Waals surface area (Å²) < 4.78 is 1.20. The van der Waals surface area contributed by atoms with Crippen LogP contribution in [0, 0.1) is 5.92 Å². The lowest BCUT2D eigenvalue weighted by atomic mass is 9.82. The van der Waals surface area contributed by atoms with Crippen molar-refractivity contribution < 1.29 is 4.79 Å². The quantitative estimate of drug-likeness (QED) is 0.840. The molecule has 24 heavy (non-hydrogen) atoms.